The van der Waals surface area contributed by atoms with Crippen LogP contribution in [0.4, 0.5) is 0 Å². The standard InChI is InChI=1S/C10H10Cl2O2/c11-8-2-1-7(5-9(8)12)10(13)3-4-14-6-10/h1-2,5,13H,3-4,6H2. The molecule has 0 radical (unpaired) electrons. The predicted octanol–water partition coefficient (Wildman–Crippen LogP) is 2.60. The van der Waals surface area contributed by atoms with Crippen LogP contribution in [0.1, 0.15) is 12.0 Å². The molecule has 2 nitrogen and oxygen atoms in total. The zero-order valence-electron chi connectivity index (χ0n) is 7.46. The number of halogens is 2. The molecule has 1 fully saturated rings. The van der Waals surface area contributed by atoms with Crippen LogP contribution in [0.25, 0.3) is 0 Å². The van der Waals surface area contributed by atoms with Crippen LogP contribution in [-0.4, -0.2) is 18.3 Å². The lowest BCUT2D eigenvalue weighted by Crippen LogP contribution is -2.25. The van der Waals surface area contributed by atoms with E-state index in [1.54, 1.807) is 18.2 Å². The maximum absolute atomic E-state index is 10.2. The third kappa shape index (κ3) is 1.75. The van der Waals surface area contributed by atoms with Crippen molar-refractivity contribution in [2.24, 2.45) is 0 Å². The van der Waals surface area contributed by atoms with Gasteiger partial charge in [-0.3, -0.25) is 0 Å². The quantitative estimate of drug-likeness (QED) is 0.807. The molecule has 76 valence electrons. The second-order valence-electron chi connectivity index (χ2n) is 3.46. The second-order valence-corrected chi connectivity index (χ2v) is 4.28. The van der Waals surface area contributed by atoms with E-state index in [1.165, 1.54) is 0 Å². The van der Waals surface area contributed by atoms with Crippen LogP contribution in [0.5, 0.6) is 0 Å². The molecule has 0 aliphatic carbocycles. The average Bonchev–Trinajstić information content (AvgIpc) is 2.58. The Morgan fingerprint density at radius 2 is 2.07 bits per heavy atom. The summed E-state index contributed by atoms with van der Waals surface area (Å²) in [5.41, 5.74) is -0.127. The van der Waals surface area contributed by atoms with E-state index in [0.717, 1.165) is 5.56 Å². The molecule has 0 amide bonds. The van der Waals surface area contributed by atoms with Gasteiger partial charge in [0.15, 0.2) is 0 Å². The van der Waals surface area contributed by atoms with Crippen molar-refractivity contribution in [2.75, 3.05) is 13.2 Å². The molecular formula is C10H10Cl2O2. The molecule has 1 aliphatic heterocycles. The molecule has 1 saturated heterocycles. The molecule has 0 aromatic heterocycles. The lowest BCUT2D eigenvalue weighted by atomic mass is 9.93. The Bertz CT molecular complexity index is 346. The molecule has 1 N–H and O–H groups in total. The molecule has 0 bridgehead atoms. The molecule has 14 heavy (non-hydrogen) atoms. The minimum Gasteiger partial charge on any atom is -0.383 e. The largest absolute Gasteiger partial charge is 0.383 e. The zero-order valence-corrected chi connectivity index (χ0v) is 8.98. The van der Waals surface area contributed by atoms with Crippen molar-refractivity contribution in [2.45, 2.75) is 12.0 Å². The first kappa shape index (κ1) is 10.2. The molecule has 1 heterocycles. The molecular weight excluding hydrogens is 223 g/mol. The first-order valence-corrected chi connectivity index (χ1v) is 5.13. The minimum absolute atomic E-state index is 0.324. The van der Waals surface area contributed by atoms with Crippen molar-refractivity contribution in [1.82, 2.24) is 0 Å². The van der Waals surface area contributed by atoms with Crippen LogP contribution < -0.4 is 0 Å². The summed E-state index contributed by atoms with van der Waals surface area (Å²) < 4.78 is 5.16. The maximum Gasteiger partial charge on any atom is 0.115 e. The topological polar surface area (TPSA) is 29.5 Å². The molecule has 1 aromatic carbocycles. The summed E-state index contributed by atoms with van der Waals surface area (Å²) in [6.45, 7) is 0.904. The number of hydrogen-bond donors (Lipinski definition) is 1. The Labute approximate surface area is 92.4 Å². The van der Waals surface area contributed by atoms with Crippen molar-refractivity contribution in [3.8, 4) is 0 Å². The van der Waals surface area contributed by atoms with Crippen LogP contribution in [0, 0.1) is 0 Å². The molecule has 1 aromatic rings. The number of ether oxygens (including phenoxy) is 1. The third-order valence-electron chi connectivity index (χ3n) is 2.46. The van der Waals surface area contributed by atoms with Crippen LogP contribution >= 0.6 is 23.2 Å². The Hall–Kier alpha value is -0.280. The lowest BCUT2D eigenvalue weighted by Gasteiger charge is -2.21. The van der Waals surface area contributed by atoms with Gasteiger partial charge >= 0.3 is 0 Å². The van der Waals surface area contributed by atoms with Crippen LogP contribution in [0.15, 0.2) is 18.2 Å². The minimum atomic E-state index is -0.895. The van der Waals surface area contributed by atoms with Crippen LogP contribution in [0.3, 0.4) is 0 Å². The smallest absolute Gasteiger partial charge is 0.115 e. The predicted molar refractivity (Wildman–Crippen MR) is 55.8 cm³/mol. The van der Waals surface area contributed by atoms with Crippen LogP contribution in [0.2, 0.25) is 10.0 Å². The van der Waals surface area contributed by atoms with E-state index < -0.39 is 5.60 Å². The first-order chi connectivity index (χ1) is 6.62. The maximum atomic E-state index is 10.2. The Morgan fingerprint density at radius 3 is 2.64 bits per heavy atom. The monoisotopic (exact) mass is 232 g/mol. The fraction of sp³-hybridized carbons (Fsp3) is 0.400. The SMILES string of the molecule is OC1(c2ccc(Cl)c(Cl)c2)CCOC1. The first-order valence-electron chi connectivity index (χ1n) is 4.37. The van der Waals surface area contributed by atoms with E-state index >= 15 is 0 Å². The van der Waals surface area contributed by atoms with Crippen molar-refractivity contribution < 1.29 is 9.84 Å². The normalized spacial score (nSPS) is 26.8. The molecule has 1 atom stereocenters. The second kappa shape index (κ2) is 3.70. The Morgan fingerprint density at radius 1 is 1.29 bits per heavy atom. The summed E-state index contributed by atoms with van der Waals surface area (Å²) in [4.78, 5) is 0. The van der Waals surface area contributed by atoms with Crippen molar-refractivity contribution in [1.29, 1.82) is 0 Å². The summed E-state index contributed by atoms with van der Waals surface area (Å²) in [7, 11) is 0. The zero-order chi connectivity index (χ0) is 10.2. The van der Waals surface area contributed by atoms with Gasteiger partial charge in [-0.15, -0.1) is 0 Å². The molecule has 2 rings (SSSR count). The van der Waals surface area contributed by atoms with Gasteiger partial charge in [-0.2, -0.15) is 0 Å². The van der Waals surface area contributed by atoms with E-state index in [0.29, 0.717) is 29.7 Å². The summed E-state index contributed by atoms with van der Waals surface area (Å²) in [6.07, 6.45) is 0.602. The van der Waals surface area contributed by atoms with Crippen molar-refractivity contribution in [3.63, 3.8) is 0 Å². The van der Waals surface area contributed by atoms with Gasteiger partial charge in [0.2, 0.25) is 0 Å². The molecule has 1 unspecified atom stereocenters. The van der Waals surface area contributed by atoms with E-state index in [2.05, 4.69) is 0 Å². The van der Waals surface area contributed by atoms with E-state index in [4.69, 9.17) is 27.9 Å². The summed E-state index contributed by atoms with van der Waals surface area (Å²) in [5, 5.41) is 11.1. The van der Waals surface area contributed by atoms with Gasteiger partial charge in [0.1, 0.15) is 5.60 Å². The highest BCUT2D eigenvalue weighted by molar-refractivity contribution is 6.42. The summed E-state index contributed by atoms with van der Waals surface area (Å²) >= 11 is 11.7. The third-order valence-corrected chi connectivity index (χ3v) is 3.20. The number of hydrogen-bond acceptors (Lipinski definition) is 2. The molecule has 4 heteroatoms. The molecule has 0 saturated carbocycles. The average molecular weight is 233 g/mol. The highest BCUT2D eigenvalue weighted by atomic mass is 35.5. The van der Waals surface area contributed by atoms with Crippen molar-refractivity contribution in [3.05, 3.63) is 33.8 Å². The van der Waals surface area contributed by atoms with E-state index in [1.807, 2.05) is 0 Å². The Kier molecular flexibility index (Phi) is 2.71. The highest BCUT2D eigenvalue weighted by Crippen LogP contribution is 2.33. The number of rotatable bonds is 1. The highest BCUT2D eigenvalue weighted by Gasteiger charge is 2.34. The van der Waals surface area contributed by atoms with Gasteiger partial charge in [0.05, 0.1) is 16.7 Å². The van der Waals surface area contributed by atoms with Gasteiger partial charge in [-0.05, 0) is 17.7 Å². The summed E-state index contributed by atoms with van der Waals surface area (Å²) in [5.74, 6) is 0. The van der Waals surface area contributed by atoms with Gasteiger partial charge in [0.25, 0.3) is 0 Å². The lowest BCUT2D eigenvalue weighted by molar-refractivity contribution is 0.0232. The Balaban J connectivity index is 2.36. The van der Waals surface area contributed by atoms with Gasteiger partial charge in [-0.25, -0.2) is 0 Å². The van der Waals surface area contributed by atoms with Crippen molar-refractivity contribution >= 4 is 23.2 Å². The fourth-order valence-corrected chi connectivity index (χ4v) is 1.87. The van der Waals surface area contributed by atoms with Gasteiger partial charge in [-0.1, -0.05) is 29.3 Å². The van der Waals surface area contributed by atoms with E-state index in [-0.39, 0.29) is 0 Å². The number of aliphatic hydroxyl groups is 1. The van der Waals surface area contributed by atoms with Crippen LogP contribution in [-0.2, 0) is 10.3 Å². The number of benzene rings is 1. The van der Waals surface area contributed by atoms with E-state index in [9.17, 15) is 5.11 Å². The van der Waals surface area contributed by atoms with Gasteiger partial charge < -0.3 is 9.84 Å². The van der Waals surface area contributed by atoms with Gasteiger partial charge in [0, 0.05) is 13.0 Å². The fourth-order valence-electron chi connectivity index (χ4n) is 1.57. The molecule has 0 spiro atoms. The summed E-state index contributed by atoms with van der Waals surface area (Å²) in [6, 6.07) is 5.16. The molecule has 1 aliphatic rings.